The number of nitrogens with zero attached hydrogens (tertiary/aromatic N) is 4. The molecule has 9 bridgehead atoms. The highest BCUT2D eigenvalue weighted by Gasteiger charge is 2.34. The van der Waals surface area contributed by atoms with Gasteiger partial charge < -0.3 is 23.1 Å². The van der Waals surface area contributed by atoms with Crippen molar-refractivity contribution >= 4 is 27.3 Å². The molecule has 0 N–H and O–H groups in total. The van der Waals surface area contributed by atoms with Gasteiger partial charge in [-0.15, -0.1) is 5.10 Å². The summed E-state index contributed by atoms with van der Waals surface area (Å²) >= 11 is 0. The molecule has 0 aliphatic carbocycles. The summed E-state index contributed by atoms with van der Waals surface area (Å²) in [6.45, 7) is 5.13. The van der Waals surface area contributed by atoms with Crippen molar-refractivity contribution in [3.63, 3.8) is 0 Å². The molecule has 45 heavy (non-hydrogen) atoms. The Balaban J connectivity index is 1.53. The van der Waals surface area contributed by atoms with Gasteiger partial charge in [0.15, 0.2) is 11.5 Å². The number of carbonyl (C=O) groups excluding carboxylic acids is 1. The zero-order valence-electron chi connectivity index (χ0n) is 25.7. The van der Waals surface area contributed by atoms with E-state index in [4.69, 9.17) is 23.1 Å². The van der Waals surface area contributed by atoms with Crippen LogP contribution in [0.2, 0.25) is 0 Å². The minimum absolute atomic E-state index is 0.0462. The second-order valence-electron chi connectivity index (χ2n) is 11.1. The normalized spacial score (nSPS) is 19.1. The number of methoxy groups -OCH3 is 2. The van der Waals surface area contributed by atoms with E-state index in [0.29, 0.717) is 41.5 Å². The molecule has 0 amide bonds. The highest BCUT2D eigenvalue weighted by atomic mass is 32.2. The highest BCUT2D eigenvalue weighted by molar-refractivity contribution is 7.84. The molecule has 2 unspecified atom stereocenters. The SMILES string of the molecule is CCOC(=O)CC1c2cc(c(OC)c(OC)c2)CN2Cc3cc(ccc3OS2(=O)=O)OCCCCn2nnc3c(C)c1ccc32. The molecule has 3 aliphatic rings. The highest BCUT2D eigenvalue weighted by Crippen LogP contribution is 2.42. The summed E-state index contributed by atoms with van der Waals surface area (Å²) in [6.07, 6.45) is 1.65. The molecule has 13 heteroatoms. The van der Waals surface area contributed by atoms with E-state index in [1.807, 2.05) is 41.9 Å². The lowest BCUT2D eigenvalue weighted by Gasteiger charge is -2.29. The minimum atomic E-state index is -4.14. The van der Waals surface area contributed by atoms with Crippen molar-refractivity contribution in [2.24, 2.45) is 0 Å². The number of ether oxygens (including phenoxy) is 4. The van der Waals surface area contributed by atoms with E-state index in [9.17, 15) is 13.2 Å². The molecule has 0 saturated heterocycles. The van der Waals surface area contributed by atoms with E-state index < -0.39 is 16.2 Å². The van der Waals surface area contributed by atoms with Gasteiger partial charge in [0.1, 0.15) is 17.0 Å². The van der Waals surface area contributed by atoms with Crippen molar-refractivity contribution in [1.29, 1.82) is 0 Å². The summed E-state index contributed by atoms with van der Waals surface area (Å²) in [7, 11) is -1.12. The first-order valence-corrected chi connectivity index (χ1v) is 16.3. The number of aromatic nitrogens is 3. The van der Waals surface area contributed by atoms with E-state index in [1.165, 1.54) is 18.5 Å². The van der Waals surface area contributed by atoms with Crippen LogP contribution in [0.3, 0.4) is 0 Å². The summed E-state index contributed by atoms with van der Waals surface area (Å²) in [5, 5.41) is 8.94. The Morgan fingerprint density at radius 1 is 1.04 bits per heavy atom. The quantitative estimate of drug-likeness (QED) is 0.285. The number of aryl methyl sites for hydroxylation is 2. The Hall–Kier alpha value is -4.36. The monoisotopic (exact) mass is 636 g/mol. The standard InChI is InChI=1S/C32H36N4O8S/c1-5-42-30(37)17-26-21-14-23(32(41-4)29(16-21)40-3)19-35-18-22-15-24(8-11-28(22)44-45(35,38)39)43-13-7-6-12-36-27-10-9-25(26)20(2)31(27)33-34-36/h8-11,14-16,26H,5-7,12-13,17-19H2,1-4H3. The van der Waals surface area contributed by atoms with Crippen LogP contribution in [0.5, 0.6) is 23.0 Å². The van der Waals surface area contributed by atoms with E-state index in [1.54, 1.807) is 19.1 Å². The Kier molecular flexibility index (Phi) is 8.56. The summed E-state index contributed by atoms with van der Waals surface area (Å²) in [4.78, 5) is 13.0. The van der Waals surface area contributed by atoms with Crippen molar-refractivity contribution < 1.29 is 36.3 Å². The molecule has 1 aromatic heterocycles. The van der Waals surface area contributed by atoms with E-state index in [0.717, 1.165) is 40.6 Å². The lowest BCUT2D eigenvalue weighted by molar-refractivity contribution is -0.143. The van der Waals surface area contributed by atoms with Crippen molar-refractivity contribution in [3.05, 3.63) is 70.3 Å². The summed E-state index contributed by atoms with van der Waals surface area (Å²) in [6, 6.07) is 12.8. The van der Waals surface area contributed by atoms with Crippen molar-refractivity contribution in [2.45, 2.75) is 58.7 Å². The second-order valence-corrected chi connectivity index (χ2v) is 12.6. The van der Waals surface area contributed by atoms with E-state index in [2.05, 4.69) is 10.3 Å². The molecule has 3 aliphatic heterocycles. The molecule has 7 rings (SSSR count). The Bertz CT molecular complexity index is 1860. The Morgan fingerprint density at radius 2 is 1.87 bits per heavy atom. The van der Waals surface area contributed by atoms with Crippen LogP contribution in [0.1, 0.15) is 59.9 Å². The van der Waals surface area contributed by atoms with Gasteiger partial charge in [-0.25, -0.2) is 4.68 Å². The third kappa shape index (κ3) is 6.01. The zero-order chi connectivity index (χ0) is 31.7. The maximum absolute atomic E-state index is 13.3. The van der Waals surface area contributed by atoms with Crippen LogP contribution in [-0.4, -0.2) is 61.1 Å². The maximum Gasteiger partial charge on any atom is 0.385 e. The van der Waals surface area contributed by atoms with Gasteiger partial charge in [-0.1, -0.05) is 11.3 Å². The minimum Gasteiger partial charge on any atom is -0.494 e. The molecule has 0 saturated carbocycles. The number of fused-ring (bicyclic) bond motifs is 5. The van der Waals surface area contributed by atoms with Crippen LogP contribution in [0.15, 0.2) is 42.5 Å². The average molecular weight is 637 g/mol. The third-order valence-electron chi connectivity index (χ3n) is 8.28. The molecule has 2 atom stereocenters. The van der Waals surface area contributed by atoms with Crippen LogP contribution in [0.4, 0.5) is 0 Å². The van der Waals surface area contributed by atoms with Gasteiger partial charge >= 0.3 is 16.3 Å². The van der Waals surface area contributed by atoms with Crippen molar-refractivity contribution in [2.75, 3.05) is 27.4 Å². The van der Waals surface area contributed by atoms with Crippen molar-refractivity contribution in [1.82, 2.24) is 19.3 Å². The largest absolute Gasteiger partial charge is 0.494 e. The van der Waals surface area contributed by atoms with Gasteiger partial charge in [0.05, 0.1) is 39.4 Å². The van der Waals surface area contributed by atoms with Crippen LogP contribution in [0, 0.1) is 6.92 Å². The fourth-order valence-corrected chi connectivity index (χ4v) is 7.16. The van der Waals surface area contributed by atoms with E-state index in [-0.39, 0.29) is 37.8 Å². The molecular formula is C32H36N4O8S. The lowest BCUT2D eigenvalue weighted by atomic mass is 9.84. The number of hydrogen-bond donors (Lipinski definition) is 0. The smallest absolute Gasteiger partial charge is 0.385 e. The molecule has 0 fully saturated rings. The summed E-state index contributed by atoms with van der Waals surface area (Å²) in [5.74, 6) is 0.852. The van der Waals surface area contributed by atoms with Gasteiger partial charge in [0, 0.05) is 36.7 Å². The topological polar surface area (TPSA) is 131 Å². The van der Waals surface area contributed by atoms with Gasteiger partial charge in [-0.3, -0.25) is 4.79 Å². The molecule has 3 aromatic carbocycles. The number of hydrogen-bond acceptors (Lipinski definition) is 10. The van der Waals surface area contributed by atoms with Crippen LogP contribution >= 0.6 is 0 Å². The zero-order valence-corrected chi connectivity index (χ0v) is 26.6. The third-order valence-corrected chi connectivity index (χ3v) is 9.56. The Morgan fingerprint density at radius 3 is 2.64 bits per heavy atom. The van der Waals surface area contributed by atoms with Gasteiger partial charge in [0.25, 0.3) is 0 Å². The molecule has 4 aromatic rings. The van der Waals surface area contributed by atoms with Crippen molar-refractivity contribution in [3.8, 4) is 23.0 Å². The first-order valence-electron chi connectivity index (χ1n) is 14.9. The van der Waals surface area contributed by atoms with Crippen LogP contribution in [0.25, 0.3) is 11.0 Å². The van der Waals surface area contributed by atoms with Gasteiger partial charge in [0.2, 0.25) is 0 Å². The first-order chi connectivity index (χ1) is 21.7. The Labute approximate surface area is 262 Å². The molecule has 0 spiro atoms. The van der Waals surface area contributed by atoms with Crippen LogP contribution in [-0.2, 0) is 39.5 Å². The molecule has 4 heterocycles. The van der Waals surface area contributed by atoms with Crippen LogP contribution < -0.4 is 18.4 Å². The fraction of sp³-hybridized carbons (Fsp3) is 0.406. The second kappa shape index (κ2) is 12.6. The molecular weight excluding hydrogens is 600 g/mol. The average Bonchev–Trinajstić information content (AvgIpc) is 3.43. The van der Waals surface area contributed by atoms with E-state index >= 15 is 0 Å². The fourth-order valence-electron chi connectivity index (χ4n) is 6.07. The predicted octanol–water partition coefficient (Wildman–Crippen LogP) is 4.65. The number of benzene rings is 3. The number of carbonyl (C=O) groups is 1. The first kappa shape index (κ1) is 30.7. The number of rotatable bonds is 5. The summed E-state index contributed by atoms with van der Waals surface area (Å²) < 4.78 is 58.2. The molecule has 238 valence electrons. The lowest BCUT2D eigenvalue weighted by Crippen LogP contribution is -2.37. The van der Waals surface area contributed by atoms with Gasteiger partial charge in [-0.2, -0.15) is 12.7 Å². The molecule has 0 radical (unpaired) electrons. The predicted molar refractivity (Wildman–Crippen MR) is 165 cm³/mol. The van der Waals surface area contributed by atoms with Gasteiger partial charge in [-0.05, 0) is 79.8 Å². The molecule has 12 nitrogen and oxygen atoms in total. The number of esters is 1. The maximum atomic E-state index is 13.3. The summed E-state index contributed by atoms with van der Waals surface area (Å²) in [5.41, 5.74) is 5.36.